The third kappa shape index (κ3) is 6.84. The number of sulfonamides is 1. The quantitative estimate of drug-likeness (QED) is 0.148. The molecule has 0 radical (unpaired) electrons. The number of nitrogens with one attached hydrogen (secondary N) is 2. The minimum Gasteiger partial charge on any atom is -0.480 e. The number of likely N-dealkylation sites (tertiary alicyclic amines) is 1. The first-order chi connectivity index (χ1) is 16.5. The summed E-state index contributed by atoms with van der Waals surface area (Å²) < 4.78 is 29.7. The molecule has 8 N–H and O–H groups in total. The molecule has 0 amide bonds. The van der Waals surface area contributed by atoms with Crippen molar-refractivity contribution in [1.29, 1.82) is 0 Å². The van der Waals surface area contributed by atoms with Gasteiger partial charge in [0, 0.05) is 19.6 Å². The number of aliphatic carboxylic acids is 1. The summed E-state index contributed by atoms with van der Waals surface area (Å²) in [5.41, 5.74) is 12.3. The van der Waals surface area contributed by atoms with E-state index in [0.29, 0.717) is 44.0 Å². The van der Waals surface area contributed by atoms with Crippen molar-refractivity contribution in [2.75, 3.05) is 25.0 Å². The molecule has 1 aromatic rings. The number of fused-ring (bicyclic) bond motifs is 1. The Kier molecular flexibility index (Phi) is 8.97. The number of anilines is 1. The molecule has 1 aromatic carbocycles. The summed E-state index contributed by atoms with van der Waals surface area (Å²) in [5.74, 6) is -0.531. The molecule has 35 heavy (non-hydrogen) atoms. The predicted octanol–water partition coefficient (Wildman–Crippen LogP) is 0.495. The molecule has 3 rings (SSSR count). The van der Waals surface area contributed by atoms with Crippen molar-refractivity contribution in [3.63, 3.8) is 0 Å². The average Bonchev–Trinajstić information content (AvgIpc) is 2.79. The van der Waals surface area contributed by atoms with E-state index in [1.807, 2.05) is 13.0 Å². The van der Waals surface area contributed by atoms with E-state index in [2.05, 4.69) is 22.0 Å². The second kappa shape index (κ2) is 11.5. The Morgan fingerprint density at radius 1 is 1.31 bits per heavy atom. The van der Waals surface area contributed by atoms with Gasteiger partial charge in [-0.25, -0.2) is 13.1 Å². The van der Waals surface area contributed by atoms with Crippen LogP contribution in [-0.2, 0) is 21.2 Å². The summed E-state index contributed by atoms with van der Waals surface area (Å²) in [5, 5.41) is 24.2. The van der Waals surface area contributed by atoms with Crippen LogP contribution in [0.25, 0.3) is 0 Å². The minimum atomic E-state index is -4.04. The maximum Gasteiger partial charge on any atom is 0.321 e. The van der Waals surface area contributed by atoms with Crippen LogP contribution in [0.3, 0.4) is 0 Å². The Labute approximate surface area is 207 Å². The van der Waals surface area contributed by atoms with E-state index in [1.54, 1.807) is 6.07 Å². The lowest BCUT2D eigenvalue weighted by Gasteiger charge is -2.41. The lowest BCUT2D eigenvalue weighted by Crippen LogP contribution is -2.59. The molecule has 0 saturated carbocycles. The fourth-order valence-electron chi connectivity index (χ4n) is 4.90. The maximum atomic E-state index is 13.5. The van der Waals surface area contributed by atoms with Gasteiger partial charge in [-0.1, -0.05) is 26.0 Å². The van der Waals surface area contributed by atoms with Crippen molar-refractivity contribution in [2.45, 2.75) is 69.2 Å². The Bertz CT molecular complexity index is 1030. The number of nitrogens with zero attached hydrogens (tertiary/aromatic N) is 2. The molecule has 0 bridgehead atoms. The number of nitrogens with two attached hydrogens (primary N) is 2. The SMILES string of the molecule is C[C@@H]1CNc2c(cccc2S(=O)(=O)N[C@@H](CCCN=C(N)N)[C@H](O)N2CC[C@@H](C)C[C@@H]2C(=O)O)C1. The summed E-state index contributed by atoms with van der Waals surface area (Å²) in [4.78, 5) is 17.5. The highest BCUT2D eigenvalue weighted by molar-refractivity contribution is 7.89. The van der Waals surface area contributed by atoms with E-state index in [-0.39, 0.29) is 29.7 Å². The fourth-order valence-corrected chi connectivity index (χ4v) is 6.39. The second-order valence-electron chi connectivity index (χ2n) is 9.79. The molecule has 0 unspecified atom stereocenters. The summed E-state index contributed by atoms with van der Waals surface area (Å²) in [6.07, 6.45) is 1.14. The molecule has 2 aliphatic heterocycles. The number of guanidine groups is 1. The zero-order valence-electron chi connectivity index (χ0n) is 20.4. The number of hydrogen-bond acceptors (Lipinski definition) is 7. The topological polar surface area (TPSA) is 183 Å². The van der Waals surface area contributed by atoms with Crippen molar-refractivity contribution >= 4 is 27.6 Å². The summed E-state index contributed by atoms with van der Waals surface area (Å²) in [6, 6.07) is 3.30. The van der Waals surface area contributed by atoms with Crippen LogP contribution < -0.4 is 21.5 Å². The van der Waals surface area contributed by atoms with E-state index in [0.717, 1.165) is 12.0 Å². The molecule has 1 fully saturated rings. The van der Waals surface area contributed by atoms with Gasteiger partial charge in [0.25, 0.3) is 0 Å². The number of carbonyl (C=O) groups is 1. The first kappa shape index (κ1) is 27.2. The van der Waals surface area contributed by atoms with Gasteiger partial charge in [-0.05, 0) is 55.6 Å². The Morgan fingerprint density at radius 3 is 2.74 bits per heavy atom. The van der Waals surface area contributed by atoms with Gasteiger partial charge in [-0.3, -0.25) is 14.7 Å². The number of carboxylic acid groups (broad SMARTS) is 1. The number of para-hydroxylation sites is 1. The van der Waals surface area contributed by atoms with Crippen molar-refractivity contribution in [3.05, 3.63) is 23.8 Å². The van der Waals surface area contributed by atoms with Crippen LogP contribution in [0.1, 0.15) is 45.1 Å². The van der Waals surface area contributed by atoms with Crippen LogP contribution in [0.2, 0.25) is 0 Å². The van der Waals surface area contributed by atoms with Crippen LogP contribution in [-0.4, -0.2) is 73.4 Å². The van der Waals surface area contributed by atoms with Crippen LogP contribution >= 0.6 is 0 Å². The number of carboxylic acids is 1. The average molecular weight is 511 g/mol. The Morgan fingerprint density at radius 2 is 2.06 bits per heavy atom. The smallest absolute Gasteiger partial charge is 0.321 e. The number of rotatable bonds is 10. The van der Waals surface area contributed by atoms with Crippen molar-refractivity contribution in [3.8, 4) is 0 Å². The zero-order chi connectivity index (χ0) is 25.8. The highest BCUT2D eigenvalue weighted by Gasteiger charge is 2.39. The van der Waals surface area contributed by atoms with Crippen LogP contribution in [0.4, 0.5) is 5.69 Å². The molecule has 0 aromatic heterocycles. The fraction of sp³-hybridized carbons (Fsp3) is 0.652. The number of aliphatic hydroxyl groups excluding tert-OH is 1. The van der Waals surface area contributed by atoms with Gasteiger partial charge < -0.3 is 27.0 Å². The monoisotopic (exact) mass is 510 g/mol. The van der Waals surface area contributed by atoms with Gasteiger partial charge in [0.05, 0.1) is 11.7 Å². The summed E-state index contributed by atoms with van der Waals surface area (Å²) >= 11 is 0. The lowest BCUT2D eigenvalue weighted by atomic mass is 9.91. The molecule has 196 valence electrons. The second-order valence-corrected chi connectivity index (χ2v) is 11.5. The molecule has 0 aliphatic carbocycles. The minimum absolute atomic E-state index is 0.0742. The standard InChI is InChI=1S/C23H38N6O5S/c1-14-8-10-29(18(12-14)22(31)32)21(30)17(6-4-9-26-23(24)25)28-35(33,34)19-7-3-5-16-11-15(2)13-27-20(16)19/h3,5,7,14-15,17-18,21,27-28,30H,4,6,8-13H2,1-2H3,(H,31,32)(H4,24,25,26)/t14-,15+,17+,18-,21+/m1/s1. The van der Waals surface area contributed by atoms with E-state index in [9.17, 15) is 23.4 Å². The summed E-state index contributed by atoms with van der Waals surface area (Å²) in [7, 11) is -4.04. The molecular formula is C23H38N6O5S. The van der Waals surface area contributed by atoms with E-state index >= 15 is 0 Å². The van der Waals surface area contributed by atoms with Crippen LogP contribution in [0, 0.1) is 11.8 Å². The van der Waals surface area contributed by atoms with E-state index in [4.69, 9.17) is 11.5 Å². The van der Waals surface area contributed by atoms with Gasteiger partial charge in [0.2, 0.25) is 10.0 Å². The number of benzene rings is 1. The largest absolute Gasteiger partial charge is 0.480 e. The molecule has 11 nitrogen and oxygen atoms in total. The van der Waals surface area contributed by atoms with Gasteiger partial charge >= 0.3 is 5.97 Å². The number of piperidine rings is 1. The van der Waals surface area contributed by atoms with Gasteiger partial charge in [-0.2, -0.15) is 0 Å². The van der Waals surface area contributed by atoms with Crippen LogP contribution in [0.15, 0.2) is 28.1 Å². The van der Waals surface area contributed by atoms with Crippen molar-refractivity contribution < 1.29 is 23.4 Å². The highest BCUT2D eigenvalue weighted by Crippen LogP contribution is 2.32. The number of aliphatic hydroxyl groups is 1. The van der Waals surface area contributed by atoms with Crippen LogP contribution in [0.5, 0.6) is 0 Å². The molecule has 0 spiro atoms. The number of hydrogen-bond donors (Lipinski definition) is 6. The predicted molar refractivity (Wildman–Crippen MR) is 134 cm³/mol. The van der Waals surface area contributed by atoms with E-state index < -0.39 is 34.3 Å². The molecule has 12 heteroatoms. The number of aliphatic imine (C=N–C) groups is 1. The zero-order valence-corrected chi connectivity index (χ0v) is 21.2. The van der Waals surface area contributed by atoms with Crippen molar-refractivity contribution in [1.82, 2.24) is 9.62 Å². The van der Waals surface area contributed by atoms with Crippen molar-refractivity contribution in [2.24, 2.45) is 28.3 Å². The van der Waals surface area contributed by atoms with Gasteiger partial charge in [0.1, 0.15) is 17.2 Å². The van der Waals surface area contributed by atoms with Gasteiger partial charge in [0.15, 0.2) is 5.96 Å². The molecule has 1 saturated heterocycles. The highest BCUT2D eigenvalue weighted by atomic mass is 32.2. The normalized spacial score (nSPS) is 24.6. The Hall–Kier alpha value is -2.41. The summed E-state index contributed by atoms with van der Waals surface area (Å²) in [6.45, 7) is 5.34. The maximum absolute atomic E-state index is 13.5. The molecule has 2 heterocycles. The van der Waals surface area contributed by atoms with Gasteiger partial charge in [-0.15, -0.1) is 0 Å². The first-order valence-corrected chi connectivity index (χ1v) is 13.6. The first-order valence-electron chi connectivity index (χ1n) is 12.1. The lowest BCUT2D eigenvalue weighted by molar-refractivity contribution is -0.153. The Balaban J connectivity index is 1.87. The molecule has 2 aliphatic rings. The molecular weight excluding hydrogens is 472 g/mol. The molecule has 5 atom stereocenters. The van der Waals surface area contributed by atoms with E-state index in [1.165, 1.54) is 11.0 Å². The third-order valence-corrected chi connectivity index (χ3v) is 8.29. The third-order valence-electron chi connectivity index (χ3n) is 6.76.